The first-order valence-electron chi connectivity index (χ1n) is 8.44. The normalized spacial score (nSPS) is 32.0. The number of rotatable bonds is 3. The van der Waals surface area contributed by atoms with Gasteiger partial charge in [0.05, 0.1) is 5.41 Å². The lowest BCUT2D eigenvalue weighted by Gasteiger charge is -2.43. The van der Waals surface area contributed by atoms with Crippen LogP contribution in [0.4, 0.5) is 0 Å². The Morgan fingerprint density at radius 2 is 1.91 bits per heavy atom. The number of amides is 2. The molecule has 6 heteroatoms. The lowest BCUT2D eigenvalue weighted by atomic mass is 9.67. The van der Waals surface area contributed by atoms with Crippen LogP contribution in [0, 0.1) is 11.3 Å². The van der Waals surface area contributed by atoms with Gasteiger partial charge in [0.2, 0.25) is 11.8 Å². The summed E-state index contributed by atoms with van der Waals surface area (Å²) in [6, 6.07) is 0. The van der Waals surface area contributed by atoms with Gasteiger partial charge in [0.25, 0.3) is 0 Å². The largest absolute Gasteiger partial charge is 0.375 e. The van der Waals surface area contributed by atoms with Gasteiger partial charge in [-0.25, -0.2) is 0 Å². The molecule has 3 aliphatic rings. The van der Waals surface area contributed by atoms with E-state index in [9.17, 15) is 9.59 Å². The van der Waals surface area contributed by atoms with Gasteiger partial charge < -0.3 is 19.9 Å². The highest BCUT2D eigenvalue weighted by molar-refractivity contribution is 5.84. The number of hydrogen-bond donors (Lipinski definition) is 1. The minimum absolute atomic E-state index is 0.0193. The van der Waals surface area contributed by atoms with Crippen molar-refractivity contribution in [1.29, 1.82) is 0 Å². The van der Waals surface area contributed by atoms with E-state index < -0.39 is 0 Å². The van der Waals surface area contributed by atoms with Crippen LogP contribution in [0.25, 0.3) is 0 Å². The van der Waals surface area contributed by atoms with Crippen LogP contribution < -0.4 is 5.32 Å². The second-order valence-electron chi connectivity index (χ2n) is 6.84. The first kappa shape index (κ1) is 15.7. The number of ether oxygens (including phenoxy) is 1. The highest BCUT2D eigenvalue weighted by Gasteiger charge is 2.51. The molecule has 0 aromatic heterocycles. The van der Waals surface area contributed by atoms with E-state index in [1.54, 1.807) is 4.90 Å². The van der Waals surface area contributed by atoms with Crippen molar-refractivity contribution >= 4 is 11.8 Å². The lowest BCUT2D eigenvalue weighted by molar-refractivity contribution is -0.150. The summed E-state index contributed by atoms with van der Waals surface area (Å²) in [5.41, 5.74) is -0.170. The van der Waals surface area contributed by atoms with Crippen molar-refractivity contribution in [2.75, 3.05) is 53.0 Å². The maximum absolute atomic E-state index is 13.1. The predicted molar refractivity (Wildman–Crippen MR) is 82.3 cm³/mol. The van der Waals surface area contributed by atoms with Gasteiger partial charge in [-0.1, -0.05) is 12.8 Å². The zero-order valence-corrected chi connectivity index (χ0v) is 13.5. The van der Waals surface area contributed by atoms with Gasteiger partial charge in [-0.05, 0) is 25.3 Å². The number of piperazine rings is 1. The molecular weight excluding hydrogens is 282 g/mol. The summed E-state index contributed by atoms with van der Waals surface area (Å²) in [5.74, 6) is 0.841. The van der Waals surface area contributed by atoms with Crippen LogP contribution in [0.3, 0.4) is 0 Å². The molecule has 3 fully saturated rings. The number of hydrogen-bond acceptors (Lipinski definition) is 4. The Morgan fingerprint density at radius 3 is 2.64 bits per heavy atom. The Hall–Kier alpha value is -1.14. The number of fused-ring (bicyclic) bond motifs is 1. The summed E-state index contributed by atoms with van der Waals surface area (Å²) in [6.07, 6.45) is 4.61. The van der Waals surface area contributed by atoms with E-state index in [4.69, 9.17) is 4.74 Å². The summed E-state index contributed by atoms with van der Waals surface area (Å²) >= 11 is 0. The number of carbonyl (C=O) groups excluding carboxylic acids is 2. The molecule has 1 N–H and O–H groups in total. The molecule has 2 saturated heterocycles. The number of methoxy groups -OCH3 is 1. The van der Waals surface area contributed by atoms with E-state index >= 15 is 0 Å². The molecule has 1 saturated carbocycles. The van der Waals surface area contributed by atoms with Crippen molar-refractivity contribution < 1.29 is 14.3 Å². The number of nitrogens with one attached hydrogen (secondary N) is 1. The summed E-state index contributed by atoms with van der Waals surface area (Å²) in [6.45, 7) is 4.51. The Balaban J connectivity index is 1.61. The van der Waals surface area contributed by atoms with Crippen LogP contribution in [-0.4, -0.2) is 74.6 Å². The Labute approximate surface area is 132 Å². The molecule has 0 radical (unpaired) electrons. The fraction of sp³-hybridized carbons (Fsp3) is 0.875. The third-order valence-electron chi connectivity index (χ3n) is 5.65. The van der Waals surface area contributed by atoms with Crippen LogP contribution in [0.2, 0.25) is 0 Å². The Morgan fingerprint density at radius 1 is 1.18 bits per heavy atom. The fourth-order valence-corrected chi connectivity index (χ4v) is 4.36. The molecule has 0 aromatic rings. The molecule has 2 amide bonds. The van der Waals surface area contributed by atoms with E-state index in [2.05, 4.69) is 5.32 Å². The van der Waals surface area contributed by atoms with Gasteiger partial charge in [-0.2, -0.15) is 0 Å². The van der Waals surface area contributed by atoms with E-state index in [1.807, 2.05) is 4.90 Å². The van der Waals surface area contributed by atoms with Gasteiger partial charge in [0.15, 0.2) is 0 Å². The summed E-state index contributed by atoms with van der Waals surface area (Å²) in [4.78, 5) is 28.8. The molecule has 2 heterocycles. The van der Waals surface area contributed by atoms with Crippen LogP contribution in [0.5, 0.6) is 0 Å². The maximum Gasteiger partial charge on any atom is 0.248 e. The van der Waals surface area contributed by atoms with Crippen molar-refractivity contribution in [3.05, 3.63) is 0 Å². The van der Waals surface area contributed by atoms with Crippen molar-refractivity contribution in [1.82, 2.24) is 15.1 Å². The monoisotopic (exact) mass is 309 g/mol. The van der Waals surface area contributed by atoms with E-state index in [1.165, 1.54) is 20.0 Å². The summed E-state index contributed by atoms with van der Waals surface area (Å²) in [5, 5.41) is 3.44. The maximum atomic E-state index is 13.1. The molecule has 0 spiro atoms. The van der Waals surface area contributed by atoms with Crippen LogP contribution in [0.15, 0.2) is 0 Å². The van der Waals surface area contributed by atoms with Crippen LogP contribution in [-0.2, 0) is 14.3 Å². The van der Waals surface area contributed by atoms with Gasteiger partial charge in [-0.15, -0.1) is 0 Å². The average molecular weight is 309 g/mol. The van der Waals surface area contributed by atoms with Crippen molar-refractivity contribution in [3.8, 4) is 0 Å². The molecule has 0 bridgehead atoms. The molecule has 2 aliphatic heterocycles. The SMILES string of the molecule is COCC(=O)N1CCN(C(=O)[C@@]23CCCC[C@H]2CNC3)CC1. The van der Waals surface area contributed by atoms with Crippen LogP contribution >= 0.6 is 0 Å². The van der Waals surface area contributed by atoms with E-state index in [-0.39, 0.29) is 17.9 Å². The highest BCUT2D eigenvalue weighted by atomic mass is 16.5. The Bertz CT molecular complexity index is 434. The van der Waals surface area contributed by atoms with Gasteiger partial charge in [0.1, 0.15) is 6.61 Å². The first-order chi connectivity index (χ1) is 10.7. The van der Waals surface area contributed by atoms with Gasteiger partial charge >= 0.3 is 0 Å². The minimum Gasteiger partial charge on any atom is -0.375 e. The van der Waals surface area contributed by atoms with Crippen molar-refractivity contribution in [3.63, 3.8) is 0 Å². The molecule has 22 heavy (non-hydrogen) atoms. The minimum atomic E-state index is -0.170. The Kier molecular flexibility index (Phi) is 4.68. The summed E-state index contributed by atoms with van der Waals surface area (Å²) < 4.78 is 4.90. The second kappa shape index (κ2) is 6.54. The molecule has 124 valence electrons. The predicted octanol–water partition coefficient (Wildman–Crippen LogP) is 0.0834. The molecule has 1 aliphatic carbocycles. The zero-order chi connectivity index (χ0) is 15.6. The molecular formula is C16H27N3O3. The van der Waals surface area contributed by atoms with Crippen LogP contribution in [0.1, 0.15) is 25.7 Å². The fourth-order valence-electron chi connectivity index (χ4n) is 4.36. The highest BCUT2D eigenvalue weighted by Crippen LogP contribution is 2.45. The second-order valence-corrected chi connectivity index (χ2v) is 6.84. The molecule has 0 unspecified atom stereocenters. The zero-order valence-electron chi connectivity index (χ0n) is 13.5. The third-order valence-corrected chi connectivity index (χ3v) is 5.65. The first-order valence-corrected chi connectivity index (χ1v) is 8.44. The average Bonchev–Trinajstić information content (AvgIpc) is 2.99. The third kappa shape index (κ3) is 2.74. The van der Waals surface area contributed by atoms with Gasteiger partial charge in [-0.3, -0.25) is 9.59 Å². The van der Waals surface area contributed by atoms with Crippen molar-refractivity contribution in [2.24, 2.45) is 11.3 Å². The van der Waals surface area contributed by atoms with E-state index in [0.717, 1.165) is 25.9 Å². The standard InChI is InChI=1S/C16H27N3O3/c1-22-11-14(20)18-6-8-19(9-7-18)15(21)16-5-3-2-4-13(16)10-17-12-16/h13,17H,2-12H2,1H3/t13-,16+/m0/s1. The van der Waals surface area contributed by atoms with E-state index in [0.29, 0.717) is 38.0 Å². The number of nitrogens with zero attached hydrogens (tertiary/aromatic N) is 2. The topological polar surface area (TPSA) is 61.9 Å². The lowest BCUT2D eigenvalue weighted by Crippen LogP contribution is -2.57. The van der Waals surface area contributed by atoms with Gasteiger partial charge in [0, 0.05) is 39.8 Å². The summed E-state index contributed by atoms with van der Waals surface area (Å²) in [7, 11) is 1.53. The quantitative estimate of drug-likeness (QED) is 0.802. The van der Waals surface area contributed by atoms with Crippen molar-refractivity contribution in [2.45, 2.75) is 25.7 Å². The smallest absolute Gasteiger partial charge is 0.248 e. The number of carbonyl (C=O) groups is 2. The molecule has 2 atom stereocenters. The molecule has 3 rings (SSSR count). The molecule has 6 nitrogen and oxygen atoms in total. The molecule has 0 aromatic carbocycles.